The molecular formula is C25H24ClN5O3S2. The molecule has 0 saturated carbocycles. The number of halogens is 1. The molecule has 11 heteroatoms. The van der Waals surface area contributed by atoms with E-state index >= 15 is 0 Å². The number of thioether (sulfide) groups is 1. The van der Waals surface area contributed by atoms with Crippen LogP contribution in [0.25, 0.3) is 11.4 Å². The molecule has 0 aliphatic heterocycles. The normalized spacial score (nSPS) is 10.8. The first-order valence-corrected chi connectivity index (χ1v) is 13.1. The van der Waals surface area contributed by atoms with Crippen molar-refractivity contribution in [2.45, 2.75) is 18.1 Å². The standard InChI is InChI=1S/C25H24ClN5O3S2/c1-4-11-31-23(17-9-10-20(33-2)21(13-17)34-3)29-30-25(31)35-15-22(32)28-24-27-14-18(36-24)12-16-7-5-6-8-19(16)26/h4-10,13-14H,1,11-12,15H2,2-3H3,(H,27,28,32). The highest BCUT2D eigenvalue weighted by Gasteiger charge is 2.17. The third-order valence-electron chi connectivity index (χ3n) is 5.13. The maximum atomic E-state index is 12.6. The molecule has 4 aromatic rings. The summed E-state index contributed by atoms with van der Waals surface area (Å²) in [5.41, 5.74) is 1.83. The molecule has 0 bridgehead atoms. The zero-order valence-electron chi connectivity index (χ0n) is 19.7. The lowest BCUT2D eigenvalue weighted by atomic mass is 10.1. The summed E-state index contributed by atoms with van der Waals surface area (Å²) in [5.74, 6) is 1.83. The van der Waals surface area contributed by atoms with Gasteiger partial charge in [-0.3, -0.25) is 9.36 Å². The molecule has 0 saturated heterocycles. The fraction of sp³-hybridized carbons (Fsp3) is 0.200. The fourth-order valence-corrected chi connectivity index (χ4v) is 5.24. The summed E-state index contributed by atoms with van der Waals surface area (Å²) >= 11 is 8.97. The van der Waals surface area contributed by atoms with Gasteiger partial charge in [0.1, 0.15) is 0 Å². The lowest BCUT2D eigenvalue weighted by Crippen LogP contribution is -2.14. The van der Waals surface area contributed by atoms with Gasteiger partial charge < -0.3 is 14.8 Å². The minimum atomic E-state index is -0.181. The molecule has 0 aliphatic carbocycles. The maximum absolute atomic E-state index is 12.6. The minimum Gasteiger partial charge on any atom is -0.493 e. The second-order valence-electron chi connectivity index (χ2n) is 7.51. The van der Waals surface area contributed by atoms with Crippen LogP contribution in [0.1, 0.15) is 10.4 Å². The second kappa shape index (κ2) is 12.1. The van der Waals surface area contributed by atoms with E-state index in [2.05, 4.69) is 27.1 Å². The van der Waals surface area contributed by atoms with Crippen molar-refractivity contribution in [1.82, 2.24) is 19.7 Å². The molecule has 186 valence electrons. The third kappa shape index (κ3) is 6.07. The van der Waals surface area contributed by atoms with Gasteiger partial charge in [0.2, 0.25) is 5.91 Å². The zero-order chi connectivity index (χ0) is 25.5. The van der Waals surface area contributed by atoms with E-state index in [0.29, 0.717) is 45.6 Å². The number of amides is 1. The Labute approximate surface area is 222 Å². The SMILES string of the molecule is C=CCn1c(SCC(=O)Nc2ncc(Cc3ccccc3Cl)s2)nnc1-c1ccc(OC)c(OC)c1. The molecule has 36 heavy (non-hydrogen) atoms. The summed E-state index contributed by atoms with van der Waals surface area (Å²) in [6.45, 7) is 4.32. The number of nitrogens with zero attached hydrogens (tertiary/aromatic N) is 4. The van der Waals surface area contributed by atoms with Crippen LogP contribution in [-0.4, -0.2) is 45.6 Å². The molecule has 8 nitrogen and oxygen atoms in total. The molecule has 1 amide bonds. The number of aromatic nitrogens is 4. The van der Waals surface area contributed by atoms with Gasteiger partial charge in [-0.15, -0.1) is 28.1 Å². The highest BCUT2D eigenvalue weighted by atomic mass is 35.5. The Bertz CT molecular complexity index is 1370. The predicted molar refractivity (Wildman–Crippen MR) is 144 cm³/mol. The van der Waals surface area contributed by atoms with E-state index in [1.807, 2.05) is 47.0 Å². The predicted octanol–water partition coefficient (Wildman–Crippen LogP) is 5.58. The summed E-state index contributed by atoms with van der Waals surface area (Å²) in [5, 5.41) is 13.4. The molecule has 0 fully saturated rings. The summed E-state index contributed by atoms with van der Waals surface area (Å²) in [7, 11) is 3.17. The minimum absolute atomic E-state index is 0.153. The number of carbonyl (C=O) groups is 1. The van der Waals surface area contributed by atoms with Crippen molar-refractivity contribution in [3.05, 3.63) is 76.8 Å². The number of hydrogen-bond acceptors (Lipinski definition) is 8. The van der Waals surface area contributed by atoms with Crippen LogP contribution in [0.3, 0.4) is 0 Å². The Balaban J connectivity index is 1.41. The number of carbonyl (C=O) groups excluding carboxylic acids is 1. The van der Waals surface area contributed by atoms with Crippen LogP contribution in [0.5, 0.6) is 11.5 Å². The molecule has 4 rings (SSSR count). The number of benzene rings is 2. The fourth-order valence-electron chi connectivity index (χ4n) is 3.44. The number of ether oxygens (including phenoxy) is 2. The molecule has 2 heterocycles. The van der Waals surface area contributed by atoms with E-state index in [-0.39, 0.29) is 11.7 Å². The van der Waals surface area contributed by atoms with Crippen LogP contribution in [0, 0.1) is 0 Å². The average molecular weight is 542 g/mol. The van der Waals surface area contributed by atoms with E-state index in [1.54, 1.807) is 26.5 Å². The second-order valence-corrected chi connectivity index (χ2v) is 9.98. The van der Waals surface area contributed by atoms with Crippen LogP contribution < -0.4 is 14.8 Å². The summed E-state index contributed by atoms with van der Waals surface area (Å²) in [6, 6.07) is 13.2. The van der Waals surface area contributed by atoms with Crippen molar-refractivity contribution in [3.8, 4) is 22.9 Å². The number of thiazole rings is 1. The molecule has 2 aromatic heterocycles. The Morgan fingerprint density at radius 2 is 2.00 bits per heavy atom. The van der Waals surface area contributed by atoms with Crippen molar-refractivity contribution >= 4 is 45.7 Å². The average Bonchev–Trinajstić information content (AvgIpc) is 3.50. The molecule has 0 radical (unpaired) electrons. The molecular weight excluding hydrogens is 518 g/mol. The highest BCUT2D eigenvalue weighted by Crippen LogP contribution is 2.33. The number of rotatable bonds is 11. The van der Waals surface area contributed by atoms with Gasteiger partial charge in [-0.25, -0.2) is 4.98 Å². The van der Waals surface area contributed by atoms with Gasteiger partial charge in [0.25, 0.3) is 0 Å². The smallest absolute Gasteiger partial charge is 0.236 e. The first-order valence-electron chi connectivity index (χ1n) is 10.9. The zero-order valence-corrected chi connectivity index (χ0v) is 22.1. The summed E-state index contributed by atoms with van der Waals surface area (Å²) in [6.07, 6.45) is 4.17. The Kier molecular flexibility index (Phi) is 8.63. The molecule has 0 atom stereocenters. The highest BCUT2D eigenvalue weighted by molar-refractivity contribution is 7.99. The van der Waals surface area contributed by atoms with E-state index in [4.69, 9.17) is 21.1 Å². The van der Waals surface area contributed by atoms with Gasteiger partial charge >= 0.3 is 0 Å². The summed E-state index contributed by atoms with van der Waals surface area (Å²) < 4.78 is 12.6. The van der Waals surface area contributed by atoms with Crippen molar-refractivity contribution < 1.29 is 14.3 Å². The van der Waals surface area contributed by atoms with Crippen LogP contribution >= 0.6 is 34.7 Å². The Hall–Kier alpha value is -3.34. The third-order valence-corrected chi connectivity index (χ3v) is 7.37. The molecule has 2 aromatic carbocycles. The largest absolute Gasteiger partial charge is 0.493 e. The van der Waals surface area contributed by atoms with Crippen molar-refractivity contribution in [2.75, 3.05) is 25.3 Å². The lowest BCUT2D eigenvalue weighted by Gasteiger charge is -2.11. The number of hydrogen-bond donors (Lipinski definition) is 1. The van der Waals surface area contributed by atoms with Crippen LogP contribution in [0.4, 0.5) is 5.13 Å². The van der Waals surface area contributed by atoms with Gasteiger partial charge in [0.05, 0.1) is 20.0 Å². The first kappa shape index (κ1) is 25.7. The van der Waals surface area contributed by atoms with Gasteiger partial charge in [-0.05, 0) is 29.8 Å². The first-order chi connectivity index (χ1) is 17.5. The van der Waals surface area contributed by atoms with Gasteiger partial charge in [0.15, 0.2) is 27.6 Å². The van der Waals surface area contributed by atoms with Gasteiger partial charge in [-0.1, -0.05) is 47.6 Å². The van der Waals surface area contributed by atoms with Crippen LogP contribution in [0.2, 0.25) is 5.02 Å². The number of nitrogens with one attached hydrogen (secondary N) is 1. The van der Waals surface area contributed by atoms with E-state index in [1.165, 1.54) is 23.1 Å². The lowest BCUT2D eigenvalue weighted by molar-refractivity contribution is -0.113. The quantitative estimate of drug-likeness (QED) is 0.196. The molecule has 0 spiro atoms. The van der Waals surface area contributed by atoms with Gasteiger partial charge in [-0.2, -0.15) is 0 Å². The number of methoxy groups -OCH3 is 2. The van der Waals surface area contributed by atoms with E-state index in [9.17, 15) is 4.79 Å². The topological polar surface area (TPSA) is 91.2 Å². The van der Waals surface area contributed by atoms with Crippen molar-refractivity contribution in [2.24, 2.45) is 0 Å². The Morgan fingerprint density at radius 1 is 1.19 bits per heavy atom. The Morgan fingerprint density at radius 3 is 2.75 bits per heavy atom. The van der Waals surface area contributed by atoms with Crippen LogP contribution in [-0.2, 0) is 17.8 Å². The monoisotopic (exact) mass is 541 g/mol. The molecule has 0 aliphatic rings. The number of anilines is 1. The van der Waals surface area contributed by atoms with E-state index < -0.39 is 0 Å². The number of allylic oxidation sites excluding steroid dienone is 1. The van der Waals surface area contributed by atoms with Crippen LogP contribution in [0.15, 0.2) is 66.5 Å². The summed E-state index contributed by atoms with van der Waals surface area (Å²) in [4.78, 5) is 17.9. The van der Waals surface area contributed by atoms with Gasteiger partial charge in [0, 0.05) is 34.6 Å². The maximum Gasteiger partial charge on any atom is 0.236 e. The molecule has 1 N–H and O–H groups in total. The van der Waals surface area contributed by atoms with Crippen molar-refractivity contribution in [1.29, 1.82) is 0 Å². The van der Waals surface area contributed by atoms with Crippen molar-refractivity contribution in [3.63, 3.8) is 0 Å². The van der Waals surface area contributed by atoms with E-state index in [0.717, 1.165) is 16.0 Å². The molecule has 0 unspecified atom stereocenters.